The lowest BCUT2D eigenvalue weighted by Crippen LogP contribution is -2.17. The van der Waals surface area contributed by atoms with E-state index in [1.54, 1.807) is 0 Å². The van der Waals surface area contributed by atoms with Crippen LogP contribution in [0.4, 0.5) is 0 Å². The van der Waals surface area contributed by atoms with Gasteiger partial charge in [0.25, 0.3) is 0 Å². The van der Waals surface area contributed by atoms with Crippen molar-refractivity contribution in [1.82, 2.24) is 0 Å². The first-order valence-corrected chi connectivity index (χ1v) is 6.88. The van der Waals surface area contributed by atoms with Gasteiger partial charge in [0.15, 0.2) is 0 Å². The lowest BCUT2D eigenvalue weighted by molar-refractivity contribution is 0.219. The molecule has 1 saturated carbocycles. The molecule has 1 atom stereocenters. The average Bonchev–Trinajstić information content (AvgIpc) is 2.25. The van der Waals surface area contributed by atoms with E-state index < -0.39 is 0 Å². The van der Waals surface area contributed by atoms with Crippen molar-refractivity contribution in [2.24, 2.45) is 11.8 Å². The van der Waals surface area contributed by atoms with Crippen LogP contribution in [0.15, 0.2) is 0 Å². The van der Waals surface area contributed by atoms with E-state index in [9.17, 15) is 0 Å². The molecule has 0 amide bonds. The summed E-state index contributed by atoms with van der Waals surface area (Å²) in [6.45, 7) is 4.67. The lowest BCUT2D eigenvalue weighted by atomic mass is 9.76. The van der Waals surface area contributed by atoms with Crippen LogP contribution in [-0.4, -0.2) is 0 Å². The van der Waals surface area contributed by atoms with Crippen LogP contribution in [0.2, 0.25) is 0 Å². The van der Waals surface area contributed by atoms with Gasteiger partial charge in [0.2, 0.25) is 0 Å². The minimum atomic E-state index is 1.07. The van der Waals surface area contributed by atoms with Crippen molar-refractivity contribution in [2.75, 3.05) is 0 Å². The van der Waals surface area contributed by atoms with Gasteiger partial charge in [-0.15, -0.1) is 0 Å². The van der Waals surface area contributed by atoms with Gasteiger partial charge in [0.05, 0.1) is 0 Å². The zero-order valence-corrected chi connectivity index (χ0v) is 10.2. The Morgan fingerprint density at radius 2 is 1.64 bits per heavy atom. The number of hydrogen-bond donors (Lipinski definition) is 0. The van der Waals surface area contributed by atoms with Gasteiger partial charge in [0, 0.05) is 0 Å². The molecule has 1 aliphatic rings. The van der Waals surface area contributed by atoms with Gasteiger partial charge in [-0.3, -0.25) is 0 Å². The van der Waals surface area contributed by atoms with Crippen molar-refractivity contribution in [2.45, 2.75) is 78.1 Å². The molecule has 0 N–H and O–H groups in total. The summed E-state index contributed by atoms with van der Waals surface area (Å²) in [5.74, 6) is 2.16. The molecule has 0 aliphatic heterocycles. The van der Waals surface area contributed by atoms with Crippen LogP contribution < -0.4 is 0 Å². The van der Waals surface area contributed by atoms with Gasteiger partial charge < -0.3 is 0 Å². The zero-order chi connectivity index (χ0) is 10.2. The van der Waals surface area contributed by atoms with Gasteiger partial charge in [-0.2, -0.15) is 0 Å². The largest absolute Gasteiger partial charge is 0.0654 e. The molecule has 0 radical (unpaired) electrons. The van der Waals surface area contributed by atoms with E-state index in [0.29, 0.717) is 0 Å². The van der Waals surface area contributed by atoms with Gasteiger partial charge in [-0.25, -0.2) is 0 Å². The monoisotopic (exact) mass is 196 g/mol. The highest BCUT2D eigenvalue weighted by Gasteiger charge is 2.22. The first-order chi connectivity index (χ1) is 6.88. The number of hydrogen-bond acceptors (Lipinski definition) is 0. The molecule has 1 rings (SSSR count). The van der Waals surface area contributed by atoms with Crippen molar-refractivity contribution >= 4 is 0 Å². The Morgan fingerprint density at radius 1 is 0.929 bits per heavy atom. The van der Waals surface area contributed by atoms with E-state index >= 15 is 0 Å². The molecular formula is C14H28. The Balaban J connectivity index is 2.30. The van der Waals surface area contributed by atoms with E-state index in [1.165, 1.54) is 64.2 Å². The summed E-state index contributed by atoms with van der Waals surface area (Å²) in [6, 6.07) is 0. The van der Waals surface area contributed by atoms with E-state index in [0.717, 1.165) is 11.8 Å². The zero-order valence-electron chi connectivity index (χ0n) is 10.2. The summed E-state index contributed by atoms with van der Waals surface area (Å²) >= 11 is 0. The quantitative estimate of drug-likeness (QED) is 0.549. The molecule has 0 aromatic heterocycles. The molecule has 0 nitrogen and oxygen atoms in total. The second kappa shape index (κ2) is 7.31. The van der Waals surface area contributed by atoms with Crippen molar-refractivity contribution in [1.29, 1.82) is 0 Å². The SMILES string of the molecule is CCCC[C@H](CCC)C1CCCCC1. The van der Waals surface area contributed by atoms with Gasteiger partial charge >= 0.3 is 0 Å². The van der Waals surface area contributed by atoms with Crippen LogP contribution in [0, 0.1) is 11.8 Å². The van der Waals surface area contributed by atoms with E-state index in [1.807, 2.05) is 0 Å². The molecule has 14 heavy (non-hydrogen) atoms. The number of unbranched alkanes of at least 4 members (excludes halogenated alkanes) is 1. The molecule has 84 valence electrons. The summed E-state index contributed by atoms with van der Waals surface area (Å²) in [4.78, 5) is 0. The second-order valence-electron chi connectivity index (χ2n) is 5.09. The smallest absolute Gasteiger partial charge is 0.0386 e. The predicted octanol–water partition coefficient (Wildman–Crippen LogP) is 5.17. The molecule has 0 saturated heterocycles. The molecular weight excluding hydrogens is 168 g/mol. The highest BCUT2D eigenvalue weighted by Crippen LogP contribution is 2.35. The van der Waals surface area contributed by atoms with Crippen molar-refractivity contribution in [3.8, 4) is 0 Å². The minimum Gasteiger partial charge on any atom is -0.0654 e. The summed E-state index contributed by atoms with van der Waals surface area (Å²) in [6.07, 6.45) is 14.8. The molecule has 0 heterocycles. The fraction of sp³-hybridized carbons (Fsp3) is 1.00. The highest BCUT2D eigenvalue weighted by atomic mass is 14.3. The van der Waals surface area contributed by atoms with Crippen molar-refractivity contribution < 1.29 is 0 Å². The summed E-state index contributed by atoms with van der Waals surface area (Å²) in [7, 11) is 0. The highest BCUT2D eigenvalue weighted by molar-refractivity contribution is 4.73. The van der Waals surface area contributed by atoms with Crippen LogP contribution in [0.1, 0.15) is 78.1 Å². The Kier molecular flexibility index (Phi) is 6.31. The van der Waals surface area contributed by atoms with E-state index in [4.69, 9.17) is 0 Å². The molecule has 0 unspecified atom stereocenters. The van der Waals surface area contributed by atoms with Crippen LogP contribution >= 0.6 is 0 Å². The standard InChI is InChI=1S/C14H28/c1-3-5-10-13(9-4-2)14-11-7-6-8-12-14/h13-14H,3-12H2,1-2H3/t13-/m0/s1. The Labute approximate surface area is 90.5 Å². The third-order valence-corrected chi connectivity index (χ3v) is 3.90. The molecule has 1 fully saturated rings. The average molecular weight is 196 g/mol. The fourth-order valence-corrected chi connectivity index (χ4v) is 3.06. The van der Waals surface area contributed by atoms with Crippen LogP contribution in [0.5, 0.6) is 0 Å². The third kappa shape index (κ3) is 4.02. The molecule has 0 bridgehead atoms. The maximum absolute atomic E-state index is 2.35. The molecule has 0 aromatic rings. The van der Waals surface area contributed by atoms with E-state index in [-0.39, 0.29) is 0 Å². The van der Waals surface area contributed by atoms with Crippen LogP contribution in [0.3, 0.4) is 0 Å². The Morgan fingerprint density at radius 3 is 2.21 bits per heavy atom. The Hall–Kier alpha value is 0. The third-order valence-electron chi connectivity index (χ3n) is 3.90. The molecule has 0 spiro atoms. The summed E-state index contributed by atoms with van der Waals surface area (Å²) in [5, 5.41) is 0. The lowest BCUT2D eigenvalue weighted by Gasteiger charge is -2.30. The topological polar surface area (TPSA) is 0 Å². The van der Waals surface area contributed by atoms with Crippen LogP contribution in [0.25, 0.3) is 0 Å². The molecule has 0 heteroatoms. The summed E-state index contributed by atoms with van der Waals surface area (Å²) < 4.78 is 0. The first-order valence-electron chi connectivity index (χ1n) is 6.88. The van der Waals surface area contributed by atoms with Crippen molar-refractivity contribution in [3.63, 3.8) is 0 Å². The normalized spacial score (nSPS) is 21.0. The maximum atomic E-state index is 2.35. The number of rotatable bonds is 6. The summed E-state index contributed by atoms with van der Waals surface area (Å²) in [5.41, 5.74) is 0. The van der Waals surface area contributed by atoms with Gasteiger partial charge in [-0.05, 0) is 11.8 Å². The van der Waals surface area contributed by atoms with Crippen LogP contribution in [-0.2, 0) is 0 Å². The van der Waals surface area contributed by atoms with E-state index in [2.05, 4.69) is 13.8 Å². The second-order valence-corrected chi connectivity index (χ2v) is 5.09. The predicted molar refractivity (Wildman–Crippen MR) is 64.5 cm³/mol. The fourth-order valence-electron chi connectivity index (χ4n) is 3.06. The Bertz CT molecular complexity index is 122. The maximum Gasteiger partial charge on any atom is -0.0386 e. The molecule has 1 aliphatic carbocycles. The van der Waals surface area contributed by atoms with Gasteiger partial charge in [-0.1, -0.05) is 78.1 Å². The van der Waals surface area contributed by atoms with Gasteiger partial charge in [0.1, 0.15) is 0 Å². The van der Waals surface area contributed by atoms with Crippen molar-refractivity contribution in [3.05, 3.63) is 0 Å². The minimum absolute atomic E-state index is 1.07. The first kappa shape index (κ1) is 12.1. The molecule has 0 aromatic carbocycles.